The number of H-pyrrole nitrogens is 1. The first-order chi connectivity index (χ1) is 12.2. The Bertz CT molecular complexity index is 737. The van der Waals surface area contributed by atoms with Gasteiger partial charge in [0.05, 0.1) is 12.3 Å². The average molecular weight is 342 g/mol. The predicted molar refractivity (Wildman–Crippen MR) is 99.1 cm³/mol. The number of nitrogens with one attached hydrogen (secondary N) is 1. The molecule has 1 saturated heterocycles. The van der Waals surface area contributed by atoms with Gasteiger partial charge in [-0.15, -0.1) is 0 Å². The van der Waals surface area contributed by atoms with Crippen molar-refractivity contribution in [1.82, 2.24) is 14.9 Å². The summed E-state index contributed by atoms with van der Waals surface area (Å²) in [6, 6.07) is 9.98. The van der Waals surface area contributed by atoms with Crippen LogP contribution in [0.3, 0.4) is 0 Å². The van der Waals surface area contributed by atoms with Crippen LogP contribution in [0.4, 0.5) is 5.95 Å². The van der Waals surface area contributed by atoms with Crippen molar-refractivity contribution >= 4 is 5.95 Å². The van der Waals surface area contributed by atoms with Crippen LogP contribution in [0.25, 0.3) is 0 Å². The van der Waals surface area contributed by atoms with Crippen LogP contribution in [0.15, 0.2) is 35.1 Å². The fourth-order valence-corrected chi connectivity index (χ4v) is 3.20. The van der Waals surface area contributed by atoms with Crippen LogP contribution in [0.2, 0.25) is 0 Å². The second-order valence-electron chi connectivity index (χ2n) is 6.33. The highest BCUT2D eigenvalue weighted by molar-refractivity contribution is 5.36. The fourth-order valence-electron chi connectivity index (χ4n) is 3.20. The van der Waals surface area contributed by atoms with E-state index in [0.717, 1.165) is 44.0 Å². The third-order valence-corrected chi connectivity index (χ3v) is 4.71. The van der Waals surface area contributed by atoms with Gasteiger partial charge in [-0.2, -0.15) is 0 Å². The predicted octanol–water partition coefficient (Wildman–Crippen LogP) is 1.65. The highest BCUT2D eigenvalue weighted by Crippen LogP contribution is 2.15. The molecule has 1 aromatic carbocycles. The Morgan fingerprint density at radius 2 is 1.88 bits per heavy atom. The molecule has 0 amide bonds. The lowest BCUT2D eigenvalue weighted by molar-refractivity contribution is 0.180. The second-order valence-corrected chi connectivity index (χ2v) is 6.33. The Hall–Kier alpha value is -2.18. The van der Waals surface area contributed by atoms with Crippen LogP contribution < -0.4 is 10.5 Å². The van der Waals surface area contributed by atoms with Crippen LogP contribution in [-0.2, 0) is 17.8 Å². The topological polar surface area (TPSA) is 61.5 Å². The van der Waals surface area contributed by atoms with Gasteiger partial charge in [0.15, 0.2) is 0 Å². The Labute approximate surface area is 148 Å². The van der Waals surface area contributed by atoms with Crippen LogP contribution in [0.5, 0.6) is 0 Å². The zero-order valence-corrected chi connectivity index (χ0v) is 15.0. The molecule has 1 N–H and O–H groups in total. The maximum Gasteiger partial charge on any atom is 0.256 e. The number of likely N-dealkylation sites (N-methyl/N-ethyl adjacent to an activating group) is 1. The van der Waals surface area contributed by atoms with Crippen LogP contribution in [0, 0.1) is 0 Å². The Morgan fingerprint density at radius 3 is 2.52 bits per heavy atom. The lowest BCUT2D eigenvalue weighted by Gasteiger charge is -2.34. The van der Waals surface area contributed by atoms with Crippen molar-refractivity contribution in [3.8, 4) is 0 Å². The van der Waals surface area contributed by atoms with Crippen molar-refractivity contribution in [1.29, 1.82) is 0 Å². The summed E-state index contributed by atoms with van der Waals surface area (Å²) in [4.78, 5) is 25.0. The largest absolute Gasteiger partial charge is 0.378 e. The number of aromatic amines is 1. The van der Waals surface area contributed by atoms with Gasteiger partial charge in [0.2, 0.25) is 5.95 Å². The van der Waals surface area contributed by atoms with Crippen LogP contribution in [0.1, 0.15) is 23.7 Å². The third-order valence-electron chi connectivity index (χ3n) is 4.71. The molecule has 0 aliphatic carbocycles. The number of ether oxygens (including phenoxy) is 1. The Kier molecular flexibility index (Phi) is 5.83. The van der Waals surface area contributed by atoms with Crippen molar-refractivity contribution < 1.29 is 4.74 Å². The summed E-state index contributed by atoms with van der Waals surface area (Å²) in [6.45, 7) is 7.31. The minimum Gasteiger partial charge on any atom is -0.378 e. The van der Waals surface area contributed by atoms with Gasteiger partial charge < -0.3 is 14.5 Å². The molecule has 0 unspecified atom stereocenters. The number of hydrogen-bond donors (Lipinski definition) is 1. The molecule has 0 bridgehead atoms. The number of anilines is 1. The first-order valence-electron chi connectivity index (χ1n) is 8.83. The van der Waals surface area contributed by atoms with Crippen LogP contribution >= 0.6 is 0 Å². The summed E-state index contributed by atoms with van der Waals surface area (Å²) < 4.78 is 5.30. The molecule has 0 spiro atoms. The van der Waals surface area contributed by atoms with E-state index in [-0.39, 0.29) is 5.56 Å². The van der Waals surface area contributed by atoms with E-state index in [2.05, 4.69) is 21.7 Å². The molecule has 0 saturated carbocycles. The summed E-state index contributed by atoms with van der Waals surface area (Å²) >= 11 is 0. The monoisotopic (exact) mass is 342 g/mol. The standard InChI is InChI=1S/C19H26N4O2/c1-3-22-9-11-23(12-10-22)19-20-17(14-25-2)16(18(24)21-19)13-15-7-5-4-6-8-15/h4-8H,3,9-14H2,1-2H3,(H,20,21,24). The van der Waals surface area contributed by atoms with Gasteiger partial charge in [-0.1, -0.05) is 37.3 Å². The van der Waals surface area contributed by atoms with E-state index in [9.17, 15) is 4.79 Å². The molecule has 134 valence electrons. The molecular weight excluding hydrogens is 316 g/mol. The maximum atomic E-state index is 12.7. The smallest absolute Gasteiger partial charge is 0.256 e. The molecule has 2 aromatic rings. The number of piperazine rings is 1. The van der Waals surface area contributed by atoms with Crippen molar-refractivity contribution in [2.24, 2.45) is 0 Å². The first kappa shape index (κ1) is 17.6. The maximum absolute atomic E-state index is 12.7. The van der Waals surface area contributed by atoms with Gasteiger partial charge in [-0.3, -0.25) is 9.78 Å². The third kappa shape index (κ3) is 4.27. The molecular formula is C19H26N4O2. The summed E-state index contributed by atoms with van der Waals surface area (Å²) in [5.41, 5.74) is 2.43. The van der Waals surface area contributed by atoms with Gasteiger partial charge in [0.25, 0.3) is 5.56 Å². The molecule has 1 aromatic heterocycles. The molecule has 6 heteroatoms. The van der Waals surface area contributed by atoms with Gasteiger partial charge in [0, 0.05) is 45.3 Å². The summed E-state index contributed by atoms with van der Waals surface area (Å²) in [7, 11) is 1.63. The van der Waals surface area contributed by atoms with E-state index in [0.29, 0.717) is 24.5 Å². The van der Waals surface area contributed by atoms with E-state index in [1.807, 2.05) is 30.3 Å². The minimum absolute atomic E-state index is 0.0705. The zero-order chi connectivity index (χ0) is 17.6. The average Bonchev–Trinajstić information content (AvgIpc) is 2.65. The minimum atomic E-state index is -0.0705. The van der Waals surface area contributed by atoms with E-state index < -0.39 is 0 Å². The number of methoxy groups -OCH3 is 1. The molecule has 1 fully saturated rings. The lowest BCUT2D eigenvalue weighted by atomic mass is 10.0. The molecule has 2 heterocycles. The first-order valence-corrected chi connectivity index (χ1v) is 8.83. The lowest BCUT2D eigenvalue weighted by Crippen LogP contribution is -2.47. The van der Waals surface area contributed by atoms with Crippen molar-refractivity contribution in [2.45, 2.75) is 20.0 Å². The summed E-state index contributed by atoms with van der Waals surface area (Å²) in [6.07, 6.45) is 0.561. The van der Waals surface area contributed by atoms with E-state index in [4.69, 9.17) is 9.72 Å². The van der Waals surface area contributed by atoms with Crippen molar-refractivity contribution in [3.63, 3.8) is 0 Å². The quantitative estimate of drug-likeness (QED) is 0.865. The van der Waals surface area contributed by atoms with Gasteiger partial charge >= 0.3 is 0 Å². The Balaban J connectivity index is 1.86. The Morgan fingerprint density at radius 1 is 1.16 bits per heavy atom. The molecule has 0 atom stereocenters. The second kappa shape index (κ2) is 8.27. The van der Waals surface area contributed by atoms with E-state index in [1.165, 1.54) is 0 Å². The van der Waals surface area contributed by atoms with Gasteiger partial charge in [0.1, 0.15) is 0 Å². The number of benzene rings is 1. The zero-order valence-electron chi connectivity index (χ0n) is 15.0. The normalized spacial score (nSPS) is 15.5. The molecule has 25 heavy (non-hydrogen) atoms. The van der Waals surface area contributed by atoms with E-state index >= 15 is 0 Å². The van der Waals surface area contributed by atoms with Gasteiger partial charge in [-0.25, -0.2) is 4.98 Å². The number of aromatic nitrogens is 2. The number of hydrogen-bond acceptors (Lipinski definition) is 5. The van der Waals surface area contributed by atoms with Gasteiger partial charge in [-0.05, 0) is 12.1 Å². The van der Waals surface area contributed by atoms with Crippen molar-refractivity contribution in [3.05, 3.63) is 57.5 Å². The molecule has 1 aliphatic rings. The van der Waals surface area contributed by atoms with Crippen molar-refractivity contribution in [2.75, 3.05) is 44.7 Å². The number of nitrogens with zero attached hydrogens (tertiary/aromatic N) is 3. The highest BCUT2D eigenvalue weighted by Gasteiger charge is 2.20. The molecule has 0 radical (unpaired) electrons. The van der Waals surface area contributed by atoms with E-state index in [1.54, 1.807) is 7.11 Å². The van der Waals surface area contributed by atoms with Crippen LogP contribution in [-0.4, -0.2) is 54.7 Å². The SMILES string of the molecule is CCN1CCN(c2nc(COC)c(Cc3ccccc3)c(=O)[nH]2)CC1. The fraction of sp³-hybridized carbons (Fsp3) is 0.474. The molecule has 6 nitrogen and oxygen atoms in total. The summed E-state index contributed by atoms with van der Waals surface area (Å²) in [5, 5.41) is 0. The summed E-state index contributed by atoms with van der Waals surface area (Å²) in [5.74, 6) is 0.657. The highest BCUT2D eigenvalue weighted by atomic mass is 16.5. The molecule has 3 rings (SSSR count). The number of rotatable bonds is 6. The molecule has 1 aliphatic heterocycles.